The molecule has 0 aromatic heterocycles. The summed E-state index contributed by atoms with van der Waals surface area (Å²) < 4.78 is 11.8. The Balaban J connectivity index is 1.56. The molecule has 0 aliphatic carbocycles. The summed E-state index contributed by atoms with van der Waals surface area (Å²) in [7, 11) is 0. The topological polar surface area (TPSA) is 106 Å². The molecule has 0 saturated heterocycles. The zero-order valence-electron chi connectivity index (χ0n) is 20.7. The van der Waals surface area contributed by atoms with Gasteiger partial charge in [0.1, 0.15) is 11.5 Å². The largest absolute Gasteiger partial charge is 0.494 e. The number of hydrogen-bond acceptors (Lipinski definition) is 6. The molecule has 3 N–H and O–H groups in total. The number of aliphatic imine (C=N–C) groups is 1. The molecule has 0 saturated carbocycles. The van der Waals surface area contributed by atoms with Crippen molar-refractivity contribution in [3.63, 3.8) is 0 Å². The lowest BCUT2D eigenvalue weighted by Crippen LogP contribution is -2.46. The molecule has 8 nitrogen and oxygen atoms in total. The molecule has 8 heteroatoms. The van der Waals surface area contributed by atoms with E-state index in [0.717, 1.165) is 29.7 Å². The monoisotopic (exact) mass is 488 g/mol. The summed E-state index contributed by atoms with van der Waals surface area (Å²) >= 11 is 0. The highest BCUT2D eigenvalue weighted by Gasteiger charge is 2.30. The van der Waals surface area contributed by atoms with E-state index >= 15 is 0 Å². The summed E-state index contributed by atoms with van der Waals surface area (Å²) in [6.45, 7) is 4.56. The lowest BCUT2D eigenvalue weighted by Gasteiger charge is -2.31. The number of guanidine groups is 1. The second-order valence-electron chi connectivity index (χ2n) is 9.55. The summed E-state index contributed by atoms with van der Waals surface area (Å²) in [4.78, 5) is 32.5. The number of benzene rings is 2. The zero-order valence-corrected chi connectivity index (χ0v) is 20.7. The molecule has 4 heterocycles. The van der Waals surface area contributed by atoms with Crippen LogP contribution in [0.4, 0.5) is 0 Å². The number of ether oxygens (including phenoxy) is 2. The highest BCUT2D eigenvalue weighted by Crippen LogP contribution is 2.36. The van der Waals surface area contributed by atoms with Gasteiger partial charge in [0, 0.05) is 29.5 Å². The van der Waals surface area contributed by atoms with Crippen molar-refractivity contribution >= 4 is 23.8 Å². The molecule has 0 radical (unpaired) electrons. The van der Waals surface area contributed by atoms with Crippen LogP contribution >= 0.6 is 0 Å². The lowest BCUT2D eigenvalue weighted by atomic mass is 9.94. The second kappa shape index (κ2) is 10.0. The van der Waals surface area contributed by atoms with Crippen molar-refractivity contribution in [2.45, 2.75) is 64.3 Å². The number of allylic oxidation sites excluding steroid dienone is 1. The maximum atomic E-state index is 13.4. The van der Waals surface area contributed by atoms with Gasteiger partial charge in [0.05, 0.1) is 31.3 Å². The molecule has 3 unspecified atom stereocenters. The SMILES string of the molecule is CCOc1ccc2cc1CN1C(=O)CC(CC/C=C\c3ccc4c(c3)C(CC(C)O4)NC2=O)N=C1N. The van der Waals surface area contributed by atoms with Gasteiger partial charge in [-0.15, -0.1) is 0 Å². The van der Waals surface area contributed by atoms with Gasteiger partial charge in [-0.1, -0.05) is 18.2 Å². The van der Waals surface area contributed by atoms with Crippen molar-refractivity contribution < 1.29 is 19.1 Å². The number of carbonyl (C=O) groups excluding carboxylic acids is 2. The van der Waals surface area contributed by atoms with E-state index in [4.69, 9.17) is 15.2 Å². The standard InChI is InChI=1S/C28H32N4O4/c1-3-35-24-11-9-19-14-20(24)16-32-26(33)15-21(30-28(32)29)7-5-4-6-18-8-10-25-22(13-18)23(31-27(19)34)12-17(2)36-25/h4,6,8-11,13-14,17,21,23H,3,5,7,12,15-16H2,1-2H3,(H2,29,30)(H,31,34)/b6-4-. The molecule has 4 aliphatic rings. The number of rotatable bonds is 2. The summed E-state index contributed by atoms with van der Waals surface area (Å²) in [6, 6.07) is 11.0. The van der Waals surface area contributed by atoms with E-state index in [1.165, 1.54) is 4.90 Å². The van der Waals surface area contributed by atoms with Crippen LogP contribution in [0.1, 0.15) is 72.6 Å². The summed E-state index contributed by atoms with van der Waals surface area (Å²) in [5, 5.41) is 3.20. The molecule has 36 heavy (non-hydrogen) atoms. The first-order valence-corrected chi connectivity index (χ1v) is 12.6. The minimum Gasteiger partial charge on any atom is -0.494 e. The van der Waals surface area contributed by atoms with Gasteiger partial charge in [-0.25, -0.2) is 4.99 Å². The first-order valence-electron chi connectivity index (χ1n) is 12.6. The van der Waals surface area contributed by atoms with Crippen LogP contribution in [0.2, 0.25) is 0 Å². The van der Waals surface area contributed by atoms with E-state index in [-0.39, 0.29) is 42.5 Å². The van der Waals surface area contributed by atoms with Crippen molar-refractivity contribution in [3.8, 4) is 11.5 Å². The van der Waals surface area contributed by atoms with Crippen LogP contribution in [0.15, 0.2) is 47.5 Å². The molecule has 6 bridgehead atoms. The zero-order chi connectivity index (χ0) is 25.2. The smallest absolute Gasteiger partial charge is 0.251 e. The van der Waals surface area contributed by atoms with Crippen molar-refractivity contribution in [2.75, 3.05) is 6.61 Å². The van der Waals surface area contributed by atoms with Gasteiger partial charge in [-0.2, -0.15) is 0 Å². The fraction of sp³-hybridized carbons (Fsp3) is 0.393. The maximum absolute atomic E-state index is 13.4. The number of hydrogen-bond donors (Lipinski definition) is 2. The third kappa shape index (κ3) is 4.94. The predicted octanol–water partition coefficient (Wildman–Crippen LogP) is 3.95. The number of nitrogens with zero attached hydrogens (tertiary/aromatic N) is 2. The number of fused-ring (bicyclic) bond motifs is 4. The van der Waals surface area contributed by atoms with Crippen LogP contribution in [0.25, 0.3) is 6.08 Å². The third-order valence-electron chi connectivity index (χ3n) is 6.84. The van der Waals surface area contributed by atoms with E-state index in [2.05, 4.69) is 28.5 Å². The molecule has 2 amide bonds. The molecule has 2 aromatic carbocycles. The van der Waals surface area contributed by atoms with Gasteiger partial charge in [-0.3, -0.25) is 14.5 Å². The number of nitrogens with two attached hydrogens (primary N) is 1. The average Bonchev–Trinajstić information content (AvgIpc) is 2.84. The maximum Gasteiger partial charge on any atom is 0.251 e. The molecular formula is C28H32N4O4. The quantitative estimate of drug-likeness (QED) is 0.666. The Kier molecular flexibility index (Phi) is 6.67. The fourth-order valence-corrected chi connectivity index (χ4v) is 5.05. The Morgan fingerprint density at radius 3 is 2.89 bits per heavy atom. The predicted molar refractivity (Wildman–Crippen MR) is 138 cm³/mol. The van der Waals surface area contributed by atoms with Crippen LogP contribution in [-0.4, -0.2) is 41.4 Å². The molecule has 188 valence electrons. The van der Waals surface area contributed by atoms with E-state index in [1.54, 1.807) is 18.2 Å². The molecule has 2 aromatic rings. The Hall–Kier alpha value is -3.81. The Morgan fingerprint density at radius 2 is 2.08 bits per heavy atom. The van der Waals surface area contributed by atoms with Gasteiger partial charge in [-0.05, 0) is 62.6 Å². The van der Waals surface area contributed by atoms with Crippen molar-refractivity contribution in [3.05, 3.63) is 64.7 Å². The molecule has 4 aliphatic heterocycles. The van der Waals surface area contributed by atoms with Crippen LogP contribution in [-0.2, 0) is 11.3 Å². The normalized spacial score (nSPS) is 24.7. The minimum atomic E-state index is -0.196. The van der Waals surface area contributed by atoms with Gasteiger partial charge in [0.25, 0.3) is 5.91 Å². The van der Waals surface area contributed by atoms with Gasteiger partial charge >= 0.3 is 0 Å². The number of carbonyl (C=O) groups is 2. The van der Waals surface area contributed by atoms with Gasteiger partial charge < -0.3 is 20.5 Å². The molecule has 3 atom stereocenters. The first-order chi connectivity index (χ1) is 17.4. The van der Waals surface area contributed by atoms with Gasteiger partial charge in [0.2, 0.25) is 5.91 Å². The van der Waals surface area contributed by atoms with E-state index in [1.807, 2.05) is 26.0 Å². The minimum absolute atomic E-state index is 0.0189. The molecule has 0 spiro atoms. The van der Waals surface area contributed by atoms with Crippen molar-refractivity contribution in [2.24, 2.45) is 10.7 Å². The van der Waals surface area contributed by atoms with E-state index < -0.39 is 0 Å². The third-order valence-corrected chi connectivity index (χ3v) is 6.84. The van der Waals surface area contributed by atoms with Crippen molar-refractivity contribution in [1.82, 2.24) is 10.2 Å². The highest BCUT2D eigenvalue weighted by molar-refractivity contribution is 5.99. The van der Waals surface area contributed by atoms with Gasteiger partial charge in [0.15, 0.2) is 5.96 Å². The highest BCUT2D eigenvalue weighted by atomic mass is 16.5. The van der Waals surface area contributed by atoms with Crippen LogP contribution in [0, 0.1) is 0 Å². The molecular weight excluding hydrogens is 456 g/mol. The Labute approximate surface area is 211 Å². The number of nitrogens with one attached hydrogen (secondary N) is 1. The van der Waals surface area contributed by atoms with Crippen molar-refractivity contribution in [1.29, 1.82) is 0 Å². The fourth-order valence-electron chi connectivity index (χ4n) is 5.05. The average molecular weight is 489 g/mol. The summed E-state index contributed by atoms with van der Waals surface area (Å²) in [6.07, 6.45) is 6.61. The second-order valence-corrected chi connectivity index (χ2v) is 9.55. The number of amides is 2. The molecule has 6 rings (SSSR count). The lowest BCUT2D eigenvalue weighted by molar-refractivity contribution is -0.128. The van der Waals surface area contributed by atoms with Crippen LogP contribution < -0.4 is 20.5 Å². The van der Waals surface area contributed by atoms with E-state index in [0.29, 0.717) is 36.3 Å². The van der Waals surface area contributed by atoms with Crippen LogP contribution in [0.3, 0.4) is 0 Å². The summed E-state index contributed by atoms with van der Waals surface area (Å²) in [5.74, 6) is 1.34. The summed E-state index contributed by atoms with van der Waals surface area (Å²) in [5.41, 5.74) is 9.44. The molecule has 0 fully saturated rings. The van der Waals surface area contributed by atoms with E-state index in [9.17, 15) is 9.59 Å². The first kappa shape index (κ1) is 23.9. The Bertz CT molecular complexity index is 1240. The van der Waals surface area contributed by atoms with Crippen LogP contribution in [0.5, 0.6) is 11.5 Å². The Morgan fingerprint density at radius 1 is 1.22 bits per heavy atom.